The third-order valence-corrected chi connectivity index (χ3v) is 16.5. The Hall–Kier alpha value is -7.04. The zero-order valence-corrected chi connectivity index (χ0v) is 58.7. The molecule has 0 aliphatic heterocycles. The molecule has 0 radical (unpaired) electrons. The van der Waals surface area contributed by atoms with Gasteiger partial charge in [0.05, 0.1) is 37.8 Å². The molecular formula is C69H114N12O14S. The number of hydrogen-bond acceptors (Lipinski definition) is 18. The molecule has 2 aromatic carbocycles. The number of thioether (sulfide) groups is 1. The first-order valence-corrected chi connectivity index (χ1v) is 35.1. The second-order valence-electron chi connectivity index (χ2n) is 25.9. The summed E-state index contributed by atoms with van der Waals surface area (Å²) in [5, 5.41) is 46.6. The van der Waals surface area contributed by atoms with E-state index in [1.165, 1.54) is 6.92 Å². The van der Waals surface area contributed by atoms with E-state index in [4.69, 9.17) is 21.9 Å². The van der Waals surface area contributed by atoms with Crippen molar-refractivity contribution in [3.05, 3.63) is 71.8 Å². The fourth-order valence-electron chi connectivity index (χ4n) is 10.8. The van der Waals surface area contributed by atoms with E-state index in [0.717, 1.165) is 22.9 Å². The molecule has 2 aromatic rings. The summed E-state index contributed by atoms with van der Waals surface area (Å²) >= 11 is 0.993. The van der Waals surface area contributed by atoms with Crippen molar-refractivity contribution in [3.8, 4) is 0 Å². The summed E-state index contributed by atoms with van der Waals surface area (Å²) in [4.78, 5) is 146. The summed E-state index contributed by atoms with van der Waals surface area (Å²) < 4.78 is 4.91. The van der Waals surface area contributed by atoms with Crippen molar-refractivity contribution >= 4 is 76.0 Å². The number of ether oxygens (including phenoxy) is 1. The number of nitrogens with one attached hydrogen (secondary N) is 9. The molecule has 0 saturated carbocycles. The number of aliphatic hydroxyl groups is 2. The van der Waals surface area contributed by atoms with E-state index in [0.29, 0.717) is 58.0 Å². The van der Waals surface area contributed by atoms with Gasteiger partial charge in [0.1, 0.15) is 0 Å². The molecule has 96 heavy (non-hydrogen) atoms. The zero-order chi connectivity index (χ0) is 71.5. The number of amides is 9. The first-order chi connectivity index (χ1) is 45.6. The van der Waals surface area contributed by atoms with Crippen LogP contribution in [-0.4, -0.2) is 173 Å². The van der Waals surface area contributed by atoms with Crippen LogP contribution in [0.1, 0.15) is 182 Å². The molecule has 0 aromatic heterocycles. The Bertz CT molecular complexity index is 2680. The number of hydrogen-bond donors (Lipinski definition) is 14. The number of unbranched alkanes of at least 4 members (excludes halogenated alkanes) is 2. The van der Waals surface area contributed by atoms with Gasteiger partial charge in [0.2, 0.25) is 53.2 Å². The topological polar surface area (TPSA) is 424 Å². The molecule has 11 atom stereocenters. The number of rotatable bonds is 50. The minimum absolute atomic E-state index is 0.00369. The molecule has 0 fully saturated rings. The molecule has 27 heteroatoms. The van der Waals surface area contributed by atoms with E-state index >= 15 is 0 Å². The lowest BCUT2D eigenvalue weighted by atomic mass is 9.98. The van der Waals surface area contributed by atoms with Crippen LogP contribution in [0.2, 0.25) is 0 Å². The Morgan fingerprint density at radius 2 is 0.854 bits per heavy atom. The first kappa shape index (κ1) is 85.0. The lowest BCUT2D eigenvalue weighted by Crippen LogP contribution is -2.49. The lowest BCUT2D eigenvalue weighted by Gasteiger charge is -2.27. The molecule has 0 bridgehead atoms. The van der Waals surface area contributed by atoms with Crippen LogP contribution in [0, 0.1) is 11.8 Å². The van der Waals surface area contributed by atoms with Gasteiger partial charge >= 0.3 is 5.97 Å². The number of benzene rings is 2. The SMILES string of the molecule is CCOC(=O)CCSC(=O)C[C@H](C)NC(=O)C[C@H](CCCCN)NC(=O)C[C@H](Cc1ccccc1)NC(=O)C[C@H](CC(C)C)NC(=O)C[C@H](CO)NC(=O)C[C@H](Cc1ccccc1)NC(=O)C[C@@H](NC(=O)C[C@H](CCCCN)NC(=O)C[C@@H](NC(=O)C[C@H](C)N)[C@@H](C)O)C(C)C. The highest BCUT2D eigenvalue weighted by atomic mass is 32.2. The molecule has 17 N–H and O–H groups in total. The predicted molar refractivity (Wildman–Crippen MR) is 371 cm³/mol. The van der Waals surface area contributed by atoms with Gasteiger partial charge in [0.15, 0.2) is 5.12 Å². The van der Waals surface area contributed by atoms with E-state index in [9.17, 15) is 63.0 Å². The number of nitrogens with two attached hydrogens (primary N) is 3. The monoisotopic (exact) mass is 1370 g/mol. The largest absolute Gasteiger partial charge is 0.466 e. The Balaban J connectivity index is 2.17. The standard InChI is InChI=1S/C69H114N12O14S/c1-9-95-68(93)26-29-96-69(94)32-47(7)73-60(85)35-51(24-16-18-27-70)74-61(86)38-54(33-49-20-12-10-13-21-49)77-62(87)37-53(30-44(2)3)76-64(89)40-56(43-82)79-63(88)39-55(34-50-22-14-11-15-23-50)78-66(91)41-57(45(4)5)80-65(90)36-52(25-17-19-28-71)75-67(92)42-58(48(8)83)81-59(84)31-46(6)72/h10-15,20-23,44-48,51-58,82-83H,9,16-19,24-43,70-72H2,1-8H3,(H,73,85)(H,74,86)(H,75,92)(H,76,89)(H,77,87)(H,78,91)(H,79,88)(H,80,90)(H,81,84)/t46-,47-,48+,51-,52-,53-,54-,55-,56+,57+,58+/m0/s1. The Labute approximate surface area is 572 Å². The van der Waals surface area contributed by atoms with Crippen molar-refractivity contribution in [2.45, 2.75) is 250 Å². The number of carbonyl (C=O) groups excluding carboxylic acids is 11. The van der Waals surface area contributed by atoms with Crippen molar-refractivity contribution in [3.63, 3.8) is 0 Å². The average molecular weight is 1370 g/mol. The van der Waals surface area contributed by atoms with Crippen molar-refractivity contribution < 1.29 is 67.7 Å². The zero-order valence-electron chi connectivity index (χ0n) is 57.9. The highest BCUT2D eigenvalue weighted by molar-refractivity contribution is 8.13. The highest BCUT2D eigenvalue weighted by Gasteiger charge is 2.30. The van der Waals surface area contributed by atoms with Crippen molar-refractivity contribution in [1.82, 2.24) is 47.9 Å². The van der Waals surface area contributed by atoms with Crippen LogP contribution >= 0.6 is 11.8 Å². The number of carbonyl (C=O) groups is 11. The smallest absolute Gasteiger partial charge is 0.306 e. The van der Waals surface area contributed by atoms with Gasteiger partial charge in [0.25, 0.3) is 0 Å². The van der Waals surface area contributed by atoms with Gasteiger partial charge in [0, 0.05) is 118 Å². The van der Waals surface area contributed by atoms with E-state index in [-0.39, 0.29) is 119 Å². The molecular weight excluding hydrogens is 1250 g/mol. The van der Waals surface area contributed by atoms with Gasteiger partial charge in [-0.1, -0.05) is 113 Å². The maximum Gasteiger partial charge on any atom is 0.306 e. The van der Waals surface area contributed by atoms with Crippen LogP contribution < -0.4 is 65.1 Å². The summed E-state index contributed by atoms with van der Waals surface area (Å²) in [6, 6.07) is 11.5. The molecule has 2 rings (SSSR count). The molecule has 9 amide bonds. The van der Waals surface area contributed by atoms with E-state index < -0.39 is 126 Å². The molecule has 0 aliphatic carbocycles. The second-order valence-corrected chi connectivity index (χ2v) is 27.1. The Kier molecular flexibility index (Phi) is 43.1. The molecule has 0 heterocycles. The molecule has 0 saturated heterocycles. The lowest BCUT2D eigenvalue weighted by molar-refractivity contribution is -0.142. The van der Waals surface area contributed by atoms with Gasteiger partial charge in [-0.2, -0.15) is 0 Å². The summed E-state index contributed by atoms with van der Waals surface area (Å²) in [5.41, 5.74) is 18.9. The van der Waals surface area contributed by atoms with E-state index in [1.54, 1.807) is 20.8 Å². The first-order valence-electron chi connectivity index (χ1n) is 34.1. The van der Waals surface area contributed by atoms with Gasteiger partial charge < -0.3 is 80.0 Å². The normalized spacial score (nSPS) is 14.7. The maximum atomic E-state index is 14.0. The van der Waals surface area contributed by atoms with Gasteiger partial charge in [-0.15, -0.1) is 0 Å². The second kappa shape index (κ2) is 48.6. The van der Waals surface area contributed by atoms with Gasteiger partial charge in [-0.25, -0.2) is 0 Å². The van der Waals surface area contributed by atoms with Gasteiger partial charge in [-0.05, 0) is 109 Å². The Morgan fingerprint density at radius 1 is 0.469 bits per heavy atom. The van der Waals surface area contributed by atoms with Crippen molar-refractivity contribution in [2.24, 2.45) is 29.0 Å². The predicted octanol–water partition coefficient (Wildman–Crippen LogP) is 2.65. The van der Waals surface area contributed by atoms with Gasteiger partial charge in [-0.3, -0.25) is 52.7 Å². The van der Waals surface area contributed by atoms with Crippen molar-refractivity contribution in [1.29, 1.82) is 0 Å². The number of aliphatic hydroxyl groups excluding tert-OH is 2. The quantitative estimate of drug-likeness (QED) is 0.0334. The van der Waals surface area contributed by atoms with Crippen LogP contribution in [0.4, 0.5) is 0 Å². The third-order valence-electron chi connectivity index (χ3n) is 15.6. The van der Waals surface area contributed by atoms with Crippen molar-refractivity contribution in [2.75, 3.05) is 32.1 Å². The summed E-state index contributed by atoms with van der Waals surface area (Å²) in [7, 11) is 0. The summed E-state index contributed by atoms with van der Waals surface area (Å²) in [5.74, 6) is -4.48. The van der Waals surface area contributed by atoms with Crippen LogP contribution in [0.3, 0.4) is 0 Å². The Morgan fingerprint density at radius 3 is 1.29 bits per heavy atom. The van der Waals surface area contributed by atoms with E-state index in [1.807, 2.05) is 88.4 Å². The molecule has 0 unspecified atom stereocenters. The highest BCUT2D eigenvalue weighted by Crippen LogP contribution is 2.17. The summed E-state index contributed by atoms with van der Waals surface area (Å²) in [6.45, 7) is 14.5. The fraction of sp³-hybridized carbons (Fsp3) is 0.667. The minimum atomic E-state index is -1.06. The van der Waals surface area contributed by atoms with Crippen LogP contribution in [0.5, 0.6) is 0 Å². The maximum absolute atomic E-state index is 14.0. The molecule has 540 valence electrons. The minimum Gasteiger partial charge on any atom is -0.466 e. The van der Waals surface area contributed by atoms with Crippen LogP contribution in [0.15, 0.2) is 60.7 Å². The van der Waals surface area contributed by atoms with Crippen LogP contribution in [-0.2, 0) is 70.3 Å². The average Bonchev–Trinajstić information content (AvgIpc) is 1.02. The number of esters is 1. The molecule has 26 nitrogen and oxygen atoms in total. The summed E-state index contributed by atoms with van der Waals surface area (Å²) in [6.07, 6.45) is 1.81. The molecule has 0 aliphatic rings. The third kappa shape index (κ3) is 40.5. The van der Waals surface area contributed by atoms with E-state index in [2.05, 4.69) is 47.9 Å². The van der Waals surface area contributed by atoms with Crippen LogP contribution in [0.25, 0.3) is 0 Å². The fourth-order valence-corrected chi connectivity index (χ4v) is 11.7. The molecule has 0 spiro atoms.